The van der Waals surface area contributed by atoms with Crippen LogP contribution in [-0.2, 0) is 6.54 Å². The molecule has 8 heteroatoms. The topological polar surface area (TPSA) is 82.6 Å². The highest BCUT2D eigenvalue weighted by Crippen LogP contribution is 2.29. The Morgan fingerprint density at radius 2 is 1.75 bits per heavy atom. The average molecular weight is 538 g/mol. The van der Waals surface area contributed by atoms with Crippen LogP contribution < -0.4 is 15.4 Å². The number of benzene rings is 2. The number of ether oxygens (including phenoxy) is 1. The van der Waals surface area contributed by atoms with E-state index < -0.39 is 0 Å². The van der Waals surface area contributed by atoms with Gasteiger partial charge in [-0.2, -0.15) is 5.10 Å². The summed E-state index contributed by atoms with van der Waals surface area (Å²) in [6.45, 7) is 10.7. The Morgan fingerprint density at radius 1 is 1.03 bits per heavy atom. The minimum Gasteiger partial charge on any atom is -0.496 e. The van der Waals surface area contributed by atoms with Gasteiger partial charge in [0.15, 0.2) is 0 Å². The molecule has 0 radical (unpaired) electrons. The van der Waals surface area contributed by atoms with E-state index in [1.165, 1.54) is 17.7 Å². The average Bonchev–Trinajstić information content (AvgIpc) is 3.30. The van der Waals surface area contributed by atoms with E-state index in [0.717, 1.165) is 42.2 Å². The van der Waals surface area contributed by atoms with Crippen molar-refractivity contribution in [2.45, 2.75) is 71.0 Å². The number of aromatic nitrogens is 2. The number of nitrogens with zero attached hydrogens (tertiary/aromatic N) is 2. The number of piperidine rings is 1. The van der Waals surface area contributed by atoms with Crippen LogP contribution in [0.4, 0.5) is 0 Å². The lowest BCUT2D eigenvalue weighted by Crippen LogP contribution is -2.45. The first kappa shape index (κ1) is 31.9. The minimum absolute atomic E-state index is 0. The maximum absolute atomic E-state index is 5.72. The van der Waals surface area contributed by atoms with Crippen molar-refractivity contribution in [2.75, 3.05) is 13.7 Å². The van der Waals surface area contributed by atoms with Gasteiger partial charge in [-0.3, -0.25) is 0 Å². The van der Waals surface area contributed by atoms with Gasteiger partial charge in [0.25, 0.3) is 0 Å². The molecule has 0 spiro atoms. The maximum atomic E-state index is 5.72. The number of rotatable bonds is 8. The zero-order valence-electron chi connectivity index (χ0n) is 22.0. The first-order chi connectivity index (χ1) is 16.0. The zero-order valence-corrected chi connectivity index (χ0v) is 23.6. The summed E-state index contributed by atoms with van der Waals surface area (Å²) in [5.74, 6) is 1.71. The number of hydrogen-bond donors (Lipinski definition) is 2. The van der Waals surface area contributed by atoms with Crippen molar-refractivity contribution in [3.63, 3.8) is 0 Å². The van der Waals surface area contributed by atoms with E-state index in [-0.39, 0.29) is 30.3 Å². The van der Waals surface area contributed by atoms with Gasteiger partial charge in [-0.15, -0.1) is 24.8 Å². The van der Waals surface area contributed by atoms with E-state index in [9.17, 15) is 0 Å². The molecule has 1 aliphatic rings. The molecule has 4 N–H and O–H groups in total. The third-order valence-electron chi connectivity index (χ3n) is 6.62. The fourth-order valence-corrected chi connectivity index (χ4v) is 4.71. The van der Waals surface area contributed by atoms with E-state index in [4.69, 9.17) is 9.84 Å². The molecule has 6 nitrogen and oxygen atoms in total. The molecule has 0 saturated carbocycles. The van der Waals surface area contributed by atoms with Crippen LogP contribution in [0.25, 0.3) is 5.69 Å². The van der Waals surface area contributed by atoms with Gasteiger partial charge in [0.1, 0.15) is 5.75 Å². The quantitative estimate of drug-likeness (QED) is 0.385. The molecule has 1 fully saturated rings. The molecule has 200 valence electrons. The van der Waals surface area contributed by atoms with Crippen LogP contribution in [0.2, 0.25) is 0 Å². The Labute approximate surface area is 228 Å². The fraction of sp³-hybridized carbons (Fsp3) is 0.464. The van der Waals surface area contributed by atoms with E-state index in [1.807, 2.05) is 0 Å². The number of halogens is 2. The van der Waals surface area contributed by atoms with E-state index in [0.29, 0.717) is 23.9 Å². The molecule has 36 heavy (non-hydrogen) atoms. The lowest BCUT2D eigenvalue weighted by molar-refractivity contribution is 0.303. The van der Waals surface area contributed by atoms with Crippen molar-refractivity contribution in [1.29, 1.82) is 0 Å². The normalized spacial score (nSPS) is 17.2. The lowest BCUT2D eigenvalue weighted by Gasteiger charge is -2.34. The molecule has 4 rings (SSSR count). The molecule has 1 saturated heterocycles. The molecule has 0 aliphatic carbocycles. The summed E-state index contributed by atoms with van der Waals surface area (Å²) in [6.07, 6.45) is 2.34. The smallest absolute Gasteiger partial charge is 0.123 e. The molecule has 3 aromatic rings. The number of hydrogen-bond acceptors (Lipinski definition) is 4. The summed E-state index contributed by atoms with van der Waals surface area (Å²) in [4.78, 5) is 0. The van der Waals surface area contributed by atoms with Crippen LogP contribution in [0.3, 0.4) is 0 Å². The largest absolute Gasteiger partial charge is 0.496 e. The predicted octanol–water partition coefficient (Wildman–Crippen LogP) is 5.73. The molecule has 2 unspecified atom stereocenters. The molecular formula is C28H42Cl2N4O2. The van der Waals surface area contributed by atoms with Gasteiger partial charge in [0, 0.05) is 29.9 Å². The molecule has 0 bridgehead atoms. The SMILES string of the molecule is COc1ccc(-n2nc(C(C)C)cc2C(C)C)cc1CNC1CCCNC1c1ccccc1.Cl.Cl.O. The van der Waals surface area contributed by atoms with Gasteiger partial charge in [-0.1, -0.05) is 58.0 Å². The second-order valence-electron chi connectivity index (χ2n) is 9.68. The van der Waals surface area contributed by atoms with Crippen molar-refractivity contribution in [2.24, 2.45) is 0 Å². The molecule has 2 heterocycles. The highest BCUT2D eigenvalue weighted by molar-refractivity contribution is 5.85. The second kappa shape index (κ2) is 14.6. The Hall–Kier alpha value is -2.09. The minimum atomic E-state index is 0. The van der Waals surface area contributed by atoms with Crippen LogP contribution in [0.15, 0.2) is 54.6 Å². The highest BCUT2D eigenvalue weighted by Gasteiger charge is 2.26. The molecular weight excluding hydrogens is 495 g/mol. The van der Waals surface area contributed by atoms with Crippen molar-refractivity contribution in [1.82, 2.24) is 20.4 Å². The summed E-state index contributed by atoms with van der Waals surface area (Å²) < 4.78 is 7.83. The Bertz CT molecular complexity index is 1060. The third kappa shape index (κ3) is 7.24. The fourth-order valence-electron chi connectivity index (χ4n) is 4.71. The number of nitrogens with one attached hydrogen (secondary N) is 2. The molecule has 2 aromatic carbocycles. The van der Waals surface area contributed by atoms with Crippen molar-refractivity contribution >= 4 is 24.8 Å². The third-order valence-corrected chi connectivity index (χ3v) is 6.62. The Balaban J connectivity index is 0.00000216. The summed E-state index contributed by atoms with van der Waals surface area (Å²) in [5, 5.41) is 12.5. The predicted molar refractivity (Wildman–Crippen MR) is 153 cm³/mol. The summed E-state index contributed by atoms with van der Waals surface area (Å²) in [7, 11) is 1.75. The zero-order chi connectivity index (χ0) is 23.4. The molecule has 1 aliphatic heterocycles. The molecule has 2 atom stereocenters. The first-order valence-electron chi connectivity index (χ1n) is 12.3. The van der Waals surface area contributed by atoms with Gasteiger partial charge in [0.2, 0.25) is 0 Å². The van der Waals surface area contributed by atoms with E-state index in [2.05, 4.69) is 97.6 Å². The van der Waals surface area contributed by atoms with Crippen molar-refractivity contribution < 1.29 is 10.2 Å². The molecule has 0 amide bonds. The summed E-state index contributed by atoms with van der Waals surface area (Å²) in [5.41, 5.74) is 5.96. The summed E-state index contributed by atoms with van der Waals surface area (Å²) >= 11 is 0. The standard InChI is InChI=1S/C28H38N4O.2ClH.H2O/c1-19(2)25-17-26(20(3)4)32(31-25)23-13-14-27(33-5)22(16-23)18-30-24-12-9-15-29-28(24)21-10-7-6-8-11-21;;;/h6-8,10-11,13-14,16-17,19-20,24,28-30H,9,12,15,18H2,1-5H3;2*1H;1H2. The maximum Gasteiger partial charge on any atom is 0.123 e. The lowest BCUT2D eigenvalue weighted by atomic mass is 9.92. The van der Waals surface area contributed by atoms with Gasteiger partial charge in [-0.25, -0.2) is 4.68 Å². The second-order valence-corrected chi connectivity index (χ2v) is 9.68. The van der Waals surface area contributed by atoms with Gasteiger partial charge < -0.3 is 20.8 Å². The van der Waals surface area contributed by atoms with Crippen LogP contribution >= 0.6 is 24.8 Å². The van der Waals surface area contributed by atoms with Crippen LogP contribution in [0.1, 0.15) is 80.9 Å². The Kier molecular flexibility index (Phi) is 13.0. The van der Waals surface area contributed by atoms with Crippen molar-refractivity contribution in [3.05, 3.63) is 77.1 Å². The van der Waals surface area contributed by atoms with Crippen molar-refractivity contribution in [3.8, 4) is 11.4 Å². The monoisotopic (exact) mass is 536 g/mol. The van der Waals surface area contributed by atoms with Crippen LogP contribution in [0, 0.1) is 0 Å². The first-order valence-corrected chi connectivity index (χ1v) is 12.3. The van der Waals surface area contributed by atoms with Crippen LogP contribution in [-0.4, -0.2) is 35.0 Å². The van der Waals surface area contributed by atoms with Crippen LogP contribution in [0.5, 0.6) is 5.75 Å². The summed E-state index contributed by atoms with van der Waals surface area (Å²) in [6, 6.07) is 20.1. The van der Waals surface area contributed by atoms with E-state index in [1.54, 1.807) is 7.11 Å². The molecule has 1 aromatic heterocycles. The van der Waals surface area contributed by atoms with Gasteiger partial charge in [-0.05, 0) is 61.1 Å². The number of methoxy groups -OCH3 is 1. The highest BCUT2D eigenvalue weighted by atomic mass is 35.5. The van der Waals surface area contributed by atoms with Gasteiger partial charge in [0.05, 0.1) is 18.5 Å². The Morgan fingerprint density at radius 3 is 2.39 bits per heavy atom. The van der Waals surface area contributed by atoms with E-state index >= 15 is 0 Å². The van der Waals surface area contributed by atoms with Gasteiger partial charge >= 0.3 is 0 Å².